The molecule has 0 amide bonds. The first-order valence-electron chi connectivity index (χ1n) is 5.20. The molecular formula is C12H10ClN3O2. The fourth-order valence-corrected chi connectivity index (χ4v) is 1.68. The van der Waals surface area contributed by atoms with Gasteiger partial charge in [-0.15, -0.1) is 0 Å². The van der Waals surface area contributed by atoms with Gasteiger partial charge in [0, 0.05) is 11.9 Å². The molecule has 18 heavy (non-hydrogen) atoms. The number of rotatable bonds is 4. The van der Waals surface area contributed by atoms with Crippen molar-refractivity contribution in [3.8, 4) is 0 Å². The molecule has 0 spiro atoms. The van der Waals surface area contributed by atoms with Crippen molar-refractivity contribution in [2.24, 2.45) is 0 Å². The molecule has 0 bridgehead atoms. The van der Waals surface area contributed by atoms with Crippen molar-refractivity contribution in [2.45, 2.75) is 6.54 Å². The standard InChI is InChI=1S/C12H10ClN3O2/c13-11-6-8(3-4-10(11)12(17)18)14-7-9-2-1-5-15-16-9/h1-6,14H,7H2,(H,17,18). The van der Waals surface area contributed by atoms with E-state index in [0.29, 0.717) is 6.54 Å². The molecule has 0 aliphatic rings. The molecule has 0 saturated heterocycles. The Morgan fingerprint density at radius 1 is 1.39 bits per heavy atom. The Balaban J connectivity index is 2.07. The molecule has 5 nitrogen and oxygen atoms in total. The van der Waals surface area contributed by atoms with Crippen LogP contribution in [0.2, 0.25) is 5.02 Å². The van der Waals surface area contributed by atoms with Crippen LogP contribution in [0.3, 0.4) is 0 Å². The smallest absolute Gasteiger partial charge is 0.337 e. The van der Waals surface area contributed by atoms with Gasteiger partial charge in [0.15, 0.2) is 0 Å². The van der Waals surface area contributed by atoms with E-state index in [9.17, 15) is 4.79 Å². The third-order valence-corrected chi connectivity index (χ3v) is 2.61. The van der Waals surface area contributed by atoms with Gasteiger partial charge in [0.25, 0.3) is 0 Å². The van der Waals surface area contributed by atoms with Gasteiger partial charge in [0.1, 0.15) is 0 Å². The van der Waals surface area contributed by atoms with Crippen LogP contribution in [-0.4, -0.2) is 21.3 Å². The normalized spacial score (nSPS) is 10.1. The largest absolute Gasteiger partial charge is 0.478 e. The molecule has 1 heterocycles. The number of aromatic carboxylic acids is 1. The Morgan fingerprint density at radius 2 is 2.22 bits per heavy atom. The maximum absolute atomic E-state index is 10.8. The van der Waals surface area contributed by atoms with Crippen molar-refractivity contribution in [1.29, 1.82) is 0 Å². The van der Waals surface area contributed by atoms with E-state index in [1.165, 1.54) is 6.07 Å². The van der Waals surface area contributed by atoms with Crippen molar-refractivity contribution < 1.29 is 9.90 Å². The lowest BCUT2D eigenvalue weighted by molar-refractivity contribution is 0.0697. The van der Waals surface area contributed by atoms with E-state index >= 15 is 0 Å². The molecule has 92 valence electrons. The Hall–Kier alpha value is -2.14. The molecule has 0 atom stereocenters. The topological polar surface area (TPSA) is 75.1 Å². The first-order chi connectivity index (χ1) is 8.66. The molecular weight excluding hydrogens is 254 g/mol. The summed E-state index contributed by atoms with van der Waals surface area (Å²) >= 11 is 5.86. The maximum Gasteiger partial charge on any atom is 0.337 e. The molecule has 1 aromatic heterocycles. The van der Waals surface area contributed by atoms with Gasteiger partial charge in [-0.05, 0) is 30.3 Å². The van der Waals surface area contributed by atoms with E-state index in [1.807, 2.05) is 6.07 Å². The Labute approximate surface area is 108 Å². The second-order valence-electron chi connectivity index (χ2n) is 3.57. The van der Waals surface area contributed by atoms with E-state index in [0.717, 1.165) is 11.4 Å². The van der Waals surface area contributed by atoms with Crippen molar-refractivity contribution in [3.05, 3.63) is 52.8 Å². The maximum atomic E-state index is 10.8. The molecule has 2 N–H and O–H groups in total. The zero-order chi connectivity index (χ0) is 13.0. The van der Waals surface area contributed by atoms with Crippen LogP contribution in [0.5, 0.6) is 0 Å². The molecule has 0 aliphatic carbocycles. The Bertz CT molecular complexity index is 561. The number of halogens is 1. The van der Waals surface area contributed by atoms with E-state index in [1.54, 1.807) is 24.4 Å². The molecule has 0 saturated carbocycles. The molecule has 0 fully saturated rings. The number of anilines is 1. The zero-order valence-electron chi connectivity index (χ0n) is 9.30. The molecule has 2 aromatic rings. The monoisotopic (exact) mass is 263 g/mol. The summed E-state index contributed by atoms with van der Waals surface area (Å²) in [5.41, 5.74) is 1.60. The van der Waals surface area contributed by atoms with Gasteiger partial charge in [-0.3, -0.25) is 0 Å². The molecule has 0 unspecified atom stereocenters. The number of nitrogens with zero attached hydrogens (tertiary/aromatic N) is 2. The Morgan fingerprint density at radius 3 is 2.83 bits per heavy atom. The van der Waals surface area contributed by atoms with E-state index in [-0.39, 0.29) is 10.6 Å². The first kappa shape index (κ1) is 12.3. The quantitative estimate of drug-likeness (QED) is 0.886. The number of carboxylic acids is 1. The predicted molar refractivity (Wildman–Crippen MR) is 67.8 cm³/mol. The predicted octanol–water partition coefficient (Wildman–Crippen LogP) is 2.44. The van der Waals surface area contributed by atoms with Gasteiger partial charge in [-0.1, -0.05) is 11.6 Å². The molecule has 0 radical (unpaired) electrons. The van der Waals surface area contributed by atoms with Crippen molar-refractivity contribution >= 4 is 23.3 Å². The minimum absolute atomic E-state index is 0.0849. The number of hydrogen-bond acceptors (Lipinski definition) is 4. The number of hydrogen-bond donors (Lipinski definition) is 2. The van der Waals surface area contributed by atoms with E-state index in [2.05, 4.69) is 15.5 Å². The SMILES string of the molecule is O=C(O)c1ccc(NCc2cccnn2)cc1Cl. The van der Waals surface area contributed by atoms with Gasteiger partial charge in [-0.25, -0.2) is 4.79 Å². The highest BCUT2D eigenvalue weighted by Crippen LogP contribution is 2.21. The van der Waals surface area contributed by atoms with Crippen LogP contribution in [0.1, 0.15) is 16.1 Å². The first-order valence-corrected chi connectivity index (χ1v) is 5.58. The highest BCUT2D eigenvalue weighted by molar-refractivity contribution is 6.33. The summed E-state index contributed by atoms with van der Waals surface area (Å²) in [6.07, 6.45) is 1.60. The highest BCUT2D eigenvalue weighted by atomic mass is 35.5. The minimum atomic E-state index is -1.04. The van der Waals surface area contributed by atoms with Crippen LogP contribution in [-0.2, 0) is 6.54 Å². The average molecular weight is 264 g/mol. The lowest BCUT2D eigenvalue weighted by Crippen LogP contribution is -2.03. The number of aromatic nitrogens is 2. The number of nitrogens with one attached hydrogen (secondary N) is 1. The second-order valence-corrected chi connectivity index (χ2v) is 3.98. The van der Waals surface area contributed by atoms with Gasteiger partial charge in [0.2, 0.25) is 0 Å². The van der Waals surface area contributed by atoms with E-state index in [4.69, 9.17) is 16.7 Å². The fourth-order valence-electron chi connectivity index (χ4n) is 1.42. The van der Waals surface area contributed by atoms with Crippen LogP contribution in [0, 0.1) is 0 Å². The highest BCUT2D eigenvalue weighted by Gasteiger charge is 2.08. The van der Waals surface area contributed by atoms with Crippen molar-refractivity contribution in [2.75, 3.05) is 5.32 Å². The number of carboxylic acid groups (broad SMARTS) is 1. The lowest BCUT2D eigenvalue weighted by atomic mass is 10.2. The molecule has 2 rings (SSSR count). The number of benzene rings is 1. The minimum Gasteiger partial charge on any atom is -0.478 e. The van der Waals surface area contributed by atoms with Gasteiger partial charge >= 0.3 is 5.97 Å². The summed E-state index contributed by atoms with van der Waals surface area (Å²) in [7, 11) is 0. The lowest BCUT2D eigenvalue weighted by Gasteiger charge is -2.07. The van der Waals surface area contributed by atoms with Crippen LogP contribution < -0.4 is 5.32 Å². The summed E-state index contributed by atoms with van der Waals surface area (Å²) in [6, 6.07) is 8.33. The van der Waals surface area contributed by atoms with Crippen LogP contribution in [0.25, 0.3) is 0 Å². The zero-order valence-corrected chi connectivity index (χ0v) is 10.1. The van der Waals surface area contributed by atoms with Crippen molar-refractivity contribution in [1.82, 2.24) is 10.2 Å². The molecule has 0 aliphatic heterocycles. The van der Waals surface area contributed by atoms with Gasteiger partial charge in [-0.2, -0.15) is 10.2 Å². The summed E-state index contributed by atoms with van der Waals surface area (Å²) in [4.78, 5) is 10.8. The van der Waals surface area contributed by atoms with Gasteiger partial charge < -0.3 is 10.4 Å². The summed E-state index contributed by atoms with van der Waals surface area (Å²) < 4.78 is 0. The Kier molecular flexibility index (Phi) is 3.74. The van der Waals surface area contributed by atoms with Crippen LogP contribution in [0.4, 0.5) is 5.69 Å². The van der Waals surface area contributed by atoms with E-state index < -0.39 is 5.97 Å². The second kappa shape index (κ2) is 5.46. The van der Waals surface area contributed by atoms with Gasteiger partial charge in [0.05, 0.1) is 22.8 Å². The molecule has 1 aromatic carbocycles. The van der Waals surface area contributed by atoms with Crippen LogP contribution >= 0.6 is 11.6 Å². The summed E-state index contributed by atoms with van der Waals surface area (Å²) in [6.45, 7) is 0.497. The van der Waals surface area contributed by atoms with Crippen LogP contribution in [0.15, 0.2) is 36.5 Å². The molecule has 6 heteroatoms. The third-order valence-electron chi connectivity index (χ3n) is 2.30. The van der Waals surface area contributed by atoms with Crippen molar-refractivity contribution in [3.63, 3.8) is 0 Å². The number of carbonyl (C=O) groups is 1. The summed E-state index contributed by atoms with van der Waals surface area (Å²) in [5, 5.41) is 19.8. The fraction of sp³-hybridized carbons (Fsp3) is 0.0833. The third kappa shape index (κ3) is 2.95. The summed E-state index contributed by atoms with van der Waals surface area (Å²) in [5.74, 6) is -1.04. The average Bonchev–Trinajstić information content (AvgIpc) is 2.37.